The van der Waals surface area contributed by atoms with Crippen LogP contribution in [0.1, 0.15) is 24.5 Å². The average Bonchev–Trinajstić information content (AvgIpc) is 3.53. The number of benzene rings is 3. The maximum absolute atomic E-state index is 13.8. The Morgan fingerprint density at radius 3 is 1.80 bits per heavy atom. The van der Waals surface area contributed by atoms with Gasteiger partial charge in [-0.15, -0.1) is 0 Å². The number of hydrogen-bond acceptors (Lipinski definition) is 3. The van der Waals surface area contributed by atoms with Gasteiger partial charge in [0.2, 0.25) is 11.8 Å². The predicted molar refractivity (Wildman–Crippen MR) is 137 cm³/mol. The number of carbonyl (C=O) groups is 2. The molecule has 2 bridgehead atoms. The summed E-state index contributed by atoms with van der Waals surface area (Å²) in [6, 6.07) is 28.0. The van der Waals surface area contributed by atoms with Crippen molar-refractivity contribution < 1.29 is 14.3 Å². The summed E-state index contributed by atoms with van der Waals surface area (Å²) < 4.78 is 5.89. The highest BCUT2D eigenvalue weighted by molar-refractivity contribution is 6.24. The van der Waals surface area contributed by atoms with E-state index in [2.05, 4.69) is 36.4 Å². The van der Waals surface area contributed by atoms with E-state index >= 15 is 0 Å². The maximum Gasteiger partial charge on any atom is 0.238 e. The molecule has 0 radical (unpaired) electrons. The number of para-hydroxylation sites is 2. The van der Waals surface area contributed by atoms with Crippen molar-refractivity contribution in [2.75, 3.05) is 11.5 Å². The standard InChI is InChI=1S/C31H27NO3/c1-2-19-35-25-16-10-9-15-24(25)32-30(33)28-22-17-18-23(29(28)31(32)34)27(22)26(20-11-5-3-6-12-20)21-13-7-4-8-14-21/h3-18,22-23,28-29H,2,19H2,1H3. The van der Waals surface area contributed by atoms with Gasteiger partial charge in [0.1, 0.15) is 5.75 Å². The number of carbonyl (C=O) groups excluding carboxylic acids is 2. The molecule has 0 aromatic heterocycles. The lowest BCUT2D eigenvalue weighted by Crippen LogP contribution is -2.33. The molecule has 4 heteroatoms. The van der Waals surface area contributed by atoms with Crippen LogP contribution in [-0.2, 0) is 9.59 Å². The summed E-state index contributed by atoms with van der Waals surface area (Å²) >= 11 is 0. The number of hydrogen-bond donors (Lipinski definition) is 0. The summed E-state index contributed by atoms with van der Waals surface area (Å²) in [5.74, 6) is -0.606. The van der Waals surface area contributed by atoms with Gasteiger partial charge in [-0.1, -0.05) is 91.9 Å². The molecular weight excluding hydrogens is 434 g/mol. The van der Waals surface area contributed by atoms with Gasteiger partial charge in [0.15, 0.2) is 0 Å². The van der Waals surface area contributed by atoms with Gasteiger partial charge in [-0.05, 0) is 40.8 Å². The second-order valence-corrected chi connectivity index (χ2v) is 9.38. The smallest absolute Gasteiger partial charge is 0.238 e. The molecule has 174 valence electrons. The van der Waals surface area contributed by atoms with Crippen LogP contribution in [0.4, 0.5) is 5.69 Å². The van der Waals surface area contributed by atoms with Gasteiger partial charge in [-0.25, -0.2) is 4.90 Å². The van der Waals surface area contributed by atoms with Crippen LogP contribution in [0.3, 0.4) is 0 Å². The Kier molecular flexibility index (Phi) is 5.37. The number of ether oxygens (including phenoxy) is 1. The Morgan fingerprint density at radius 2 is 1.26 bits per heavy atom. The zero-order chi connectivity index (χ0) is 23.9. The summed E-state index contributed by atoms with van der Waals surface area (Å²) in [5, 5.41) is 0. The first-order chi connectivity index (χ1) is 17.2. The van der Waals surface area contributed by atoms with Gasteiger partial charge in [0.25, 0.3) is 0 Å². The first-order valence-electron chi connectivity index (χ1n) is 12.3. The number of nitrogens with zero attached hydrogens (tertiary/aromatic N) is 1. The molecule has 0 spiro atoms. The van der Waals surface area contributed by atoms with Gasteiger partial charge >= 0.3 is 0 Å². The lowest BCUT2D eigenvalue weighted by atomic mass is 9.85. The number of rotatable bonds is 6. The summed E-state index contributed by atoms with van der Waals surface area (Å²) in [5.41, 5.74) is 5.11. The third-order valence-electron chi connectivity index (χ3n) is 7.40. The molecule has 4 nitrogen and oxygen atoms in total. The largest absolute Gasteiger partial charge is 0.491 e. The first kappa shape index (κ1) is 21.6. The predicted octanol–water partition coefficient (Wildman–Crippen LogP) is 5.90. The lowest BCUT2D eigenvalue weighted by molar-refractivity contribution is -0.123. The summed E-state index contributed by atoms with van der Waals surface area (Å²) in [4.78, 5) is 29.1. The minimum absolute atomic E-state index is 0.0921. The quantitative estimate of drug-likeness (QED) is 0.339. The van der Waals surface area contributed by atoms with E-state index in [1.54, 1.807) is 0 Å². The average molecular weight is 462 g/mol. The molecule has 2 aliphatic carbocycles. The molecule has 3 aromatic rings. The van der Waals surface area contributed by atoms with Crippen LogP contribution in [0.2, 0.25) is 0 Å². The number of allylic oxidation sites excluding steroid dienone is 3. The molecule has 0 N–H and O–H groups in total. The van der Waals surface area contributed by atoms with Crippen molar-refractivity contribution in [2.24, 2.45) is 23.7 Å². The molecule has 3 aromatic carbocycles. The van der Waals surface area contributed by atoms with E-state index in [0.29, 0.717) is 18.0 Å². The zero-order valence-corrected chi connectivity index (χ0v) is 19.6. The van der Waals surface area contributed by atoms with Gasteiger partial charge in [-0.2, -0.15) is 0 Å². The number of fused-ring (bicyclic) bond motifs is 5. The minimum Gasteiger partial charge on any atom is -0.491 e. The molecule has 1 heterocycles. The molecule has 1 aliphatic heterocycles. The highest BCUT2D eigenvalue weighted by Crippen LogP contribution is 2.59. The molecule has 1 saturated heterocycles. The fourth-order valence-corrected chi connectivity index (χ4v) is 6.02. The summed E-state index contributed by atoms with van der Waals surface area (Å²) in [6.45, 7) is 2.57. The number of imide groups is 1. The van der Waals surface area contributed by atoms with Crippen LogP contribution < -0.4 is 9.64 Å². The molecule has 4 atom stereocenters. The van der Waals surface area contributed by atoms with Gasteiger partial charge < -0.3 is 4.74 Å². The van der Waals surface area contributed by atoms with Crippen LogP contribution in [-0.4, -0.2) is 18.4 Å². The molecule has 3 aliphatic rings. The molecular formula is C31H27NO3. The van der Waals surface area contributed by atoms with Crippen molar-refractivity contribution in [1.82, 2.24) is 0 Å². The number of amides is 2. The van der Waals surface area contributed by atoms with E-state index in [1.165, 1.54) is 10.5 Å². The summed E-state index contributed by atoms with van der Waals surface area (Å²) in [6.07, 6.45) is 5.13. The third-order valence-corrected chi connectivity index (χ3v) is 7.40. The zero-order valence-electron chi connectivity index (χ0n) is 19.6. The Labute approximate surface area is 205 Å². The highest BCUT2D eigenvalue weighted by atomic mass is 16.5. The van der Waals surface area contributed by atoms with Crippen molar-refractivity contribution in [3.63, 3.8) is 0 Å². The van der Waals surface area contributed by atoms with E-state index in [0.717, 1.165) is 23.1 Å². The van der Waals surface area contributed by atoms with Gasteiger partial charge in [0, 0.05) is 11.8 Å². The van der Waals surface area contributed by atoms with Crippen molar-refractivity contribution in [1.29, 1.82) is 0 Å². The molecule has 35 heavy (non-hydrogen) atoms. The van der Waals surface area contributed by atoms with Crippen LogP contribution >= 0.6 is 0 Å². The Morgan fingerprint density at radius 1 is 0.743 bits per heavy atom. The summed E-state index contributed by atoms with van der Waals surface area (Å²) in [7, 11) is 0. The van der Waals surface area contributed by atoms with E-state index in [9.17, 15) is 9.59 Å². The van der Waals surface area contributed by atoms with Crippen molar-refractivity contribution >= 4 is 23.1 Å². The Bertz CT molecular complexity index is 1270. The lowest BCUT2D eigenvalue weighted by Gasteiger charge is -2.23. The fourth-order valence-electron chi connectivity index (χ4n) is 6.02. The van der Waals surface area contributed by atoms with Gasteiger partial charge in [-0.3, -0.25) is 9.59 Å². The molecule has 4 unspecified atom stereocenters. The molecule has 6 rings (SSSR count). The molecule has 2 fully saturated rings. The van der Waals surface area contributed by atoms with Crippen LogP contribution in [0, 0.1) is 23.7 Å². The van der Waals surface area contributed by atoms with E-state index in [-0.39, 0.29) is 35.5 Å². The topological polar surface area (TPSA) is 46.6 Å². The Balaban J connectivity index is 1.44. The molecule has 1 saturated carbocycles. The number of anilines is 1. The Hall–Kier alpha value is -3.92. The van der Waals surface area contributed by atoms with E-state index in [4.69, 9.17) is 4.74 Å². The van der Waals surface area contributed by atoms with E-state index in [1.807, 2.05) is 67.6 Å². The second kappa shape index (κ2) is 8.70. The third kappa shape index (κ3) is 3.35. The maximum atomic E-state index is 13.8. The minimum atomic E-state index is -0.380. The normalized spacial score (nSPS) is 24.3. The van der Waals surface area contributed by atoms with Crippen molar-refractivity contribution in [3.05, 3.63) is 114 Å². The van der Waals surface area contributed by atoms with Crippen molar-refractivity contribution in [2.45, 2.75) is 13.3 Å². The van der Waals surface area contributed by atoms with Crippen LogP contribution in [0.5, 0.6) is 5.75 Å². The van der Waals surface area contributed by atoms with Crippen molar-refractivity contribution in [3.8, 4) is 5.75 Å². The highest BCUT2D eigenvalue weighted by Gasteiger charge is 2.62. The molecule has 2 amide bonds. The SMILES string of the molecule is CCCOc1ccccc1N1C(=O)C2C3C=CC(C3=C(c3ccccc3)c3ccccc3)C2C1=O. The second-order valence-electron chi connectivity index (χ2n) is 9.38. The first-order valence-corrected chi connectivity index (χ1v) is 12.3. The monoisotopic (exact) mass is 461 g/mol. The fraction of sp³-hybridized carbons (Fsp3) is 0.226. The van der Waals surface area contributed by atoms with Gasteiger partial charge in [0.05, 0.1) is 24.1 Å². The van der Waals surface area contributed by atoms with Crippen LogP contribution in [0.15, 0.2) is 103 Å². The van der Waals surface area contributed by atoms with E-state index < -0.39 is 0 Å². The van der Waals surface area contributed by atoms with Crippen LogP contribution in [0.25, 0.3) is 5.57 Å².